The first kappa shape index (κ1) is 11.4. The molecule has 19 heavy (non-hydrogen) atoms. The Labute approximate surface area is 114 Å². The van der Waals surface area contributed by atoms with E-state index in [1.54, 1.807) is 5.56 Å². The van der Waals surface area contributed by atoms with Crippen molar-refractivity contribution in [2.75, 3.05) is 24.5 Å². The predicted molar refractivity (Wildman–Crippen MR) is 79.9 cm³/mol. The lowest BCUT2D eigenvalue weighted by atomic mass is 9.84. The van der Waals surface area contributed by atoms with Crippen molar-refractivity contribution in [1.29, 1.82) is 0 Å². The Morgan fingerprint density at radius 3 is 2.79 bits per heavy atom. The van der Waals surface area contributed by atoms with Crippen molar-refractivity contribution < 1.29 is 0 Å². The Balaban J connectivity index is 1.99. The highest BCUT2D eigenvalue weighted by Crippen LogP contribution is 2.47. The quantitative estimate of drug-likeness (QED) is 0.894. The fraction of sp³-hybridized carbons (Fsp3) is 0.500. The van der Waals surface area contributed by atoms with Crippen LogP contribution in [0.5, 0.6) is 0 Å². The summed E-state index contributed by atoms with van der Waals surface area (Å²) >= 11 is 0. The van der Waals surface area contributed by atoms with Gasteiger partial charge in [0.2, 0.25) is 0 Å². The molecule has 0 unspecified atom stereocenters. The highest BCUT2D eigenvalue weighted by molar-refractivity contribution is 5.92. The molecule has 3 aliphatic heterocycles. The van der Waals surface area contributed by atoms with Gasteiger partial charge in [0.05, 0.1) is 0 Å². The average Bonchev–Trinajstić information content (AvgIpc) is 2.76. The van der Waals surface area contributed by atoms with Crippen LogP contribution >= 0.6 is 0 Å². The van der Waals surface area contributed by atoms with Crippen LogP contribution in [0.2, 0.25) is 0 Å². The van der Waals surface area contributed by atoms with Gasteiger partial charge in [0.1, 0.15) is 5.82 Å². The predicted octanol–water partition coefficient (Wildman–Crippen LogP) is 2.38. The van der Waals surface area contributed by atoms with Gasteiger partial charge in [0, 0.05) is 36.6 Å². The topological polar surface area (TPSA) is 34.2 Å². The third kappa shape index (κ3) is 1.48. The first-order valence-electron chi connectivity index (χ1n) is 7.36. The molecule has 0 saturated carbocycles. The van der Waals surface area contributed by atoms with Crippen LogP contribution in [0.15, 0.2) is 18.2 Å². The molecule has 4 heterocycles. The summed E-state index contributed by atoms with van der Waals surface area (Å²) in [6, 6.07) is 6.89. The van der Waals surface area contributed by atoms with Crippen LogP contribution < -0.4 is 10.6 Å². The van der Waals surface area contributed by atoms with Crippen molar-refractivity contribution in [2.45, 2.75) is 25.2 Å². The normalized spacial score (nSPS) is 18.3. The van der Waals surface area contributed by atoms with Crippen molar-refractivity contribution in [2.24, 2.45) is 12.8 Å². The van der Waals surface area contributed by atoms with Gasteiger partial charge in [-0.3, -0.25) is 0 Å². The number of piperidine rings is 1. The van der Waals surface area contributed by atoms with E-state index in [4.69, 9.17) is 5.73 Å². The molecule has 0 radical (unpaired) electrons. The highest BCUT2D eigenvalue weighted by Gasteiger charge is 2.35. The van der Waals surface area contributed by atoms with Crippen LogP contribution in [0.1, 0.15) is 29.9 Å². The van der Waals surface area contributed by atoms with Gasteiger partial charge in [-0.2, -0.15) is 0 Å². The number of aromatic nitrogens is 1. The van der Waals surface area contributed by atoms with Gasteiger partial charge in [-0.1, -0.05) is 6.07 Å². The van der Waals surface area contributed by atoms with Crippen LogP contribution in [0.4, 0.5) is 5.82 Å². The van der Waals surface area contributed by atoms with Crippen molar-refractivity contribution in [3.8, 4) is 0 Å². The molecule has 2 N–H and O–H groups in total. The monoisotopic (exact) mass is 255 g/mol. The van der Waals surface area contributed by atoms with Gasteiger partial charge < -0.3 is 15.2 Å². The van der Waals surface area contributed by atoms with Crippen LogP contribution in [0.3, 0.4) is 0 Å². The first-order valence-corrected chi connectivity index (χ1v) is 7.36. The molecule has 1 aromatic carbocycles. The van der Waals surface area contributed by atoms with Gasteiger partial charge in [-0.25, -0.2) is 0 Å². The number of hydrogen-bond acceptors (Lipinski definition) is 2. The summed E-state index contributed by atoms with van der Waals surface area (Å²) in [6.45, 7) is 3.20. The molecule has 2 aromatic rings. The maximum Gasteiger partial charge on any atom is 0.112 e. The summed E-state index contributed by atoms with van der Waals surface area (Å²) in [7, 11) is 2.21. The molecule has 0 atom stereocenters. The minimum Gasteiger partial charge on any atom is -0.358 e. The molecule has 0 amide bonds. The van der Waals surface area contributed by atoms with Crippen molar-refractivity contribution in [1.82, 2.24) is 4.57 Å². The summed E-state index contributed by atoms with van der Waals surface area (Å²) < 4.78 is 2.39. The number of hydrogen-bond donors (Lipinski definition) is 1. The Hall–Kier alpha value is -1.48. The minimum atomic E-state index is 0.732. The number of benzene rings is 1. The summed E-state index contributed by atoms with van der Waals surface area (Å²) in [4.78, 5) is 2.57. The summed E-state index contributed by atoms with van der Waals surface area (Å²) in [5.41, 5.74) is 10.1. The van der Waals surface area contributed by atoms with Gasteiger partial charge in [0.15, 0.2) is 0 Å². The Morgan fingerprint density at radius 2 is 2.05 bits per heavy atom. The molecule has 5 rings (SSSR count). The molecular weight excluding hydrogens is 234 g/mol. The van der Waals surface area contributed by atoms with Crippen molar-refractivity contribution >= 4 is 16.7 Å². The van der Waals surface area contributed by atoms with Crippen LogP contribution in [0.25, 0.3) is 10.9 Å². The van der Waals surface area contributed by atoms with E-state index in [1.807, 2.05) is 0 Å². The Kier molecular flexibility index (Phi) is 2.39. The number of fused-ring (bicyclic) bond motifs is 3. The zero-order chi connectivity index (χ0) is 13.0. The standard InChI is InChI=1S/C16H21N3/c1-18-14-3-2-11(4-7-17)10-13(14)15-12-5-8-19(9-6-12)16(15)18/h2-3,10,12H,4-9,17H2,1H3. The van der Waals surface area contributed by atoms with Gasteiger partial charge >= 0.3 is 0 Å². The molecular formula is C16H21N3. The van der Waals surface area contributed by atoms with E-state index in [0.29, 0.717) is 0 Å². The SMILES string of the molecule is Cn1c2c(c3cc(CCN)ccc31)C1CCN2CC1. The Bertz CT molecular complexity index is 633. The van der Waals surface area contributed by atoms with E-state index in [0.717, 1.165) is 18.9 Å². The van der Waals surface area contributed by atoms with Gasteiger partial charge in [-0.05, 0) is 49.4 Å². The molecule has 1 fully saturated rings. The van der Waals surface area contributed by atoms with E-state index < -0.39 is 0 Å². The molecule has 2 bridgehead atoms. The fourth-order valence-corrected chi connectivity index (χ4v) is 3.99. The number of anilines is 1. The van der Waals surface area contributed by atoms with E-state index in [1.165, 1.54) is 48.2 Å². The minimum absolute atomic E-state index is 0.732. The maximum atomic E-state index is 5.69. The molecule has 100 valence electrons. The second kappa shape index (κ2) is 4.01. The van der Waals surface area contributed by atoms with E-state index in [9.17, 15) is 0 Å². The largest absolute Gasteiger partial charge is 0.358 e. The second-order valence-electron chi connectivity index (χ2n) is 5.95. The number of nitrogens with zero attached hydrogens (tertiary/aromatic N) is 2. The lowest BCUT2D eigenvalue weighted by Crippen LogP contribution is -2.39. The lowest BCUT2D eigenvalue weighted by Gasteiger charge is -2.41. The van der Waals surface area contributed by atoms with Crippen molar-refractivity contribution in [3.63, 3.8) is 0 Å². The molecule has 3 nitrogen and oxygen atoms in total. The smallest absolute Gasteiger partial charge is 0.112 e. The van der Waals surface area contributed by atoms with E-state index >= 15 is 0 Å². The molecule has 1 aromatic heterocycles. The summed E-state index contributed by atoms with van der Waals surface area (Å²) in [5.74, 6) is 2.25. The number of rotatable bonds is 2. The van der Waals surface area contributed by atoms with Crippen LogP contribution in [-0.2, 0) is 13.5 Å². The average molecular weight is 255 g/mol. The van der Waals surface area contributed by atoms with Crippen LogP contribution in [0, 0.1) is 0 Å². The van der Waals surface area contributed by atoms with E-state index in [2.05, 4.69) is 34.7 Å². The third-order valence-corrected chi connectivity index (χ3v) is 4.91. The van der Waals surface area contributed by atoms with Gasteiger partial charge in [0.25, 0.3) is 0 Å². The fourth-order valence-electron chi connectivity index (χ4n) is 3.99. The zero-order valence-corrected chi connectivity index (χ0v) is 11.5. The molecule has 0 aliphatic carbocycles. The lowest BCUT2D eigenvalue weighted by molar-refractivity contribution is 0.469. The summed E-state index contributed by atoms with van der Waals surface area (Å²) in [6.07, 6.45) is 3.63. The number of aryl methyl sites for hydroxylation is 1. The van der Waals surface area contributed by atoms with Gasteiger partial charge in [-0.15, -0.1) is 0 Å². The first-order chi connectivity index (χ1) is 9.29. The second-order valence-corrected chi connectivity index (χ2v) is 5.95. The molecule has 0 spiro atoms. The van der Waals surface area contributed by atoms with E-state index in [-0.39, 0.29) is 0 Å². The third-order valence-electron chi connectivity index (χ3n) is 4.91. The summed E-state index contributed by atoms with van der Waals surface area (Å²) in [5, 5.41) is 1.47. The Morgan fingerprint density at radius 1 is 1.26 bits per heavy atom. The maximum absolute atomic E-state index is 5.69. The highest BCUT2D eigenvalue weighted by atomic mass is 15.3. The molecule has 1 saturated heterocycles. The van der Waals surface area contributed by atoms with Crippen LogP contribution in [-0.4, -0.2) is 24.2 Å². The molecule has 3 aliphatic rings. The van der Waals surface area contributed by atoms with Crippen molar-refractivity contribution in [3.05, 3.63) is 29.3 Å². The zero-order valence-electron chi connectivity index (χ0n) is 11.5. The molecule has 3 heteroatoms. The number of nitrogens with two attached hydrogens (primary N) is 1.